The number of amides is 1. The summed E-state index contributed by atoms with van der Waals surface area (Å²) in [5.41, 5.74) is 43.1. The molecule has 0 saturated heterocycles. The standard InChI is InChI=1S/C89H89N13O6.3ClH/c1-54-36-74-80(45-68(54)90)100(63-24-12-7-13-25-63)83-48-71(57(4)39-77(83)97-74)94-51-66(103)30-18-10-20-32-86(105)60-42-61(87(106)33-21-11-19-31-67(104)52-95-72-49-84-78(40-58(72)5)98-75-37-55(2)69(91)46-81(75)101(84)64-26-14-8-15-27-64)44-62(43-60)88(107)34-22-23-35-93-89(108)53-96-73-50-85-79(41-59(73)6)99-76-38-56(3)70(92)47-82(76)102(85)65-28-16-9-17-29-65;;;/h7-9,12-17,24-29,36-50H,10-11,18-23,30-35,51-53H2,1-6H3,(H7,90,91,92,93,94,95,96,108);3*1H. The van der Waals surface area contributed by atoms with Crippen LogP contribution >= 0.6 is 0 Å². The van der Waals surface area contributed by atoms with Crippen LogP contribution in [0.3, 0.4) is 0 Å². The molecule has 3 heterocycles. The zero-order chi connectivity index (χ0) is 75.7. The van der Waals surface area contributed by atoms with Gasteiger partial charge in [0.05, 0.1) is 19.6 Å². The van der Waals surface area contributed by atoms with Gasteiger partial charge in [0.25, 0.3) is 0 Å². The van der Waals surface area contributed by atoms with Gasteiger partial charge in [-0.1, -0.05) is 67.4 Å². The molecule has 0 radical (unpaired) electrons. The molecular formula is C89H92Cl3N13O6. The summed E-state index contributed by atoms with van der Waals surface area (Å²) in [5.74, 6) is -0.763. The second-order valence-corrected chi connectivity index (χ2v) is 28.5. The summed E-state index contributed by atoms with van der Waals surface area (Å²) in [7, 11) is 0. The van der Waals surface area contributed by atoms with E-state index in [0.29, 0.717) is 87.8 Å². The summed E-state index contributed by atoms with van der Waals surface area (Å²) in [4.78, 5) is 97.7. The van der Waals surface area contributed by atoms with Crippen molar-refractivity contribution in [3.05, 3.63) is 232 Å². The maximum absolute atomic E-state index is 14.1. The lowest BCUT2D eigenvalue weighted by Gasteiger charge is -2.12. The maximum atomic E-state index is 14.1. The first-order chi connectivity index (χ1) is 52.2. The van der Waals surface area contributed by atoms with Crippen molar-refractivity contribution in [1.29, 1.82) is 0 Å². The second kappa shape index (κ2) is 36.8. The summed E-state index contributed by atoms with van der Waals surface area (Å²) < 4.78 is 6.43. The first-order valence-electron chi connectivity index (χ1n) is 37.3. The number of nitrogens with two attached hydrogens (primary N) is 3. The second-order valence-electron chi connectivity index (χ2n) is 28.5. The number of nitrogens with one attached hydrogen (secondary N) is 4. The Balaban J connectivity index is 0.00000436. The number of aromatic nitrogens is 6. The van der Waals surface area contributed by atoms with Crippen LogP contribution in [0.5, 0.6) is 0 Å². The van der Waals surface area contributed by atoms with Gasteiger partial charge >= 0.3 is 0 Å². The highest BCUT2D eigenvalue weighted by molar-refractivity contribution is 6.06. The molecule has 111 heavy (non-hydrogen) atoms. The molecule has 0 bridgehead atoms. The molecule has 0 atom stereocenters. The Kier molecular flexibility index (Phi) is 27.2. The summed E-state index contributed by atoms with van der Waals surface area (Å²) in [6.07, 6.45) is 5.46. The van der Waals surface area contributed by atoms with E-state index >= 15 is 0 Å². The zero-order valence-corrected chi connectivity index (χ0v) is 65.6. The molecule has 3 aromatic heterocycles. The minimum absolute atomic E-state index is 0. The molecule has 10 aromatic carbocycles. The van der Waals surface area contributed by atoms with Crippen LogP contribution in [0.15, 0.2) is 182 Å². The molecule has 0 unspecified atom stereocenters. The third-order valence-electron chi connectivity index (χ3n) is 20.4. The Labute approximate surface area is 664 Å². The molecule has 19 nitrogen and oxygen atoms in total. The normalized spacial score (nSPS) is 11.2. The molecule has 0 aliphatic carbocycles. The van der Waals surface area contributed by atoms with Gasteiger partial charge in [-0.2, -0.15) is 0 Å². The maximum Gasteiger partial charge on any atom is 0.239 e. The molecule has 1 amide bonds. The number of Topliss-reactive ketones (excluding diaryl/α,β-unsaturated/α-hetero) is 5. The van der Waals surface area contributed by atoms with Crippen LogP contribution < -0.4 is 89.4 Å². The van der Waals surface area contributed by atoms with Gasteiger partial charge in [-0.25, -0.2) is 15.0 Å². The number of carbonyl (C=O) groups is 6. The van der Waals surface area contributed by atoms with Crippen molar-refractivity contribution < 1.29 is 79.7 Å². The lowest BCUT2D eigenvalue weighted by atomic mass is 9.93. The molecule has 0 spiro atoms. The number of ketones is 5. The number of hydrogen-bond acceptors (Lipinski definition) is 15. The van der Waals surface area contributed by atoms with Gasteiger partial charge in [-0.05, 0) is 168 Å². The van der Waals surface area contributed by atoms with Crippen LogP contribution in [0, 0.1) is 41.5 Å². The highest BCUT2D eigenvalue weighted by Crippen LogP contribution is 2.31. The Morgan fingerprint density at radius 2 is 0.586 bits per heavy atom. The van der Waals surface area contributed by atoms with Crippen LogP contribution in [0.4, 0.5) is 34.1 Å². The van der Waals surface area contributed by atoms with Gasteiger partial charge in [0, 0.05) is 162 Å². The number of fused-ring (bicyclic) bond motifs is 6. The van der Waals surface area contributed by atoms with Gasteiger partial charge in [-0.15, -0.1) is 13.7 Å². The predicted octanol–water partition coefficient (Wildman–Crippen LogP) is 6.44. The summed E-state index contributed by atoms with van der Waals surface area (Å²) in [6.45, 7) is 12.5. The third-order valence-corrected chi connectivity index (χ3v) is 20.4. The lowest BCUT2D eigenvalue weighted by molar-refractivity contribution is -0.538. The van der Waals surface area contributed by atoms with Crippen molar-refractivity contribution in [2.45, 2.75) is 125 Å². The van der Waals surface area contributed by atoms with E-state index in [1.54, 1.807) is 18.2 Å². The average Bonchev–Trinajstić information content (AvgIpc) is 0.759. The fourth-order valence-corrected chi connectivity index (χ4v) is 14.2. The molecule has 13 aromatic rings. The molecule has 10 N–H and O–H groups in total. The van der Waals surface area contributed by atoms with Crippen LogP contribution in [0.25, 0.3) is 83.3 Å². The number of nitrogens with zero attached hydrogens (tertiary/aromatic N) is 6. The van der Waals surface area contributed by atoms with E-state index in [1.165, 1.54) is 0 Å². The van der Waals surface area contributed by atoms with Crippen molar-refractivity contribution in [1.82, 2.24) is 20.3 Å². The largest absolute Gasteiger partial charge is 1.00 e. The fraction of sp³-hybridized carbons (Fsp3) is 0.258. The SMILES string of the molecule is Cc1cc2nc3cc(C)c(NCC(=O)CCCCCC(=O)c4cc(C(=O)CCCCCC(=O)CNc5cc6c(cc5C)nc5cc(C)c(N)cc5[n+]6-c5ccccc5)cc(C(=O)CCCCNC(=O)CNc5cc6c(cc5C)nc5cc(C)c(N)cc5[n+]6-c5ccccc5)c4)cc3[n+](-c3ccccc3)c2cc1N.[Cl-].[Cl-].[Cl-]. The van der Waals surface area contributed by atoms with E-state index in [0.717, 1.165) is 134 Å². The number of hydrogen-bond donors (Lipinski definition) is 7. The number of aryl methyl sites for hydroxylation is 6. The van der Waals surface area contributed by atoms with Gasteiger partial charge in [0.2, 0.25) is 56.1 Å². The van der Waals surface area contributed by atoms with Gasteiger partial charge < -0.3 is 75.7 Å². The molecule has 0 fully saturated rings. The van der Waals surface area contributed by atoms with Gasteiger partial charge in [0.1, 0.15) is 33.1 Å². The highest BCUT2D eigenvalue weighted by Gasteiger charge is 2.27. The van der Waals surface area contributed by atoms with Gasteiger partial charge in [0.15, 0.2) is 28.9 Å². The molecule has 0 aliphatic rings. The van der Waals surface area contributed by atoms with E-state index in [-0.39, 0.29) is 128 Å². The molecule has 570 valence electrons. The van der Waals surface area contributed by atoms with E-state index in [1.807, 2.05) is 205 Å². The van der Waals surface area contributed by atoms with Crippen LogP contribution in [0.1, 0.15) is 148 Å². The molecule has 0 saturated carbocycles. The lowest BCUT2D eigenvalue weighted by Crippen LogP contribution is -3.00. The Bertz CT molecular complexity index is 5150. The molecule has 22 heteroatoms. The Hall–Kier alpha value is -11.5. The van der Waals surface area contributed by atoms with Crippen molar-refractivity contribution in [2.24, 2.45) is 0 Å². The number of unbranched alkanes of at least 4 members (excludes halogenated alkanes) is 5. The molecular weight excluding hydrogens is 1450 g/mol. The predicted molar refractivity (Wildman–Crippen MR) is 432 cm³/mol. The van der Waals surface area contributed by atoms with E-state index in [4.69, 9.17) is 32.2 Å². The molecule has 13 rings (SSSR count). The molecule has 0 aliphatic heterocycles. The van der Waals surface area contributed by atoms with Crippen molar-refractivity contribution >= 4 is 135 Å². The number of rotatable bonds is 32. The first-order valence-corrected chi connectivity index (χ1v) is 37.3. The number of nitrogen functional groups attached to an aromatic ring is 3. The minimum atomic E-state index is -0.218. The van der Waals surface area contributed by atoms with E-state index in [2.05, 4.69) is 35.0 Å². The van der Waals surface area contributed by atoms with E-state index in [9.17, 15) is 28.8 Å². The third kappa shape index (κ3) is 19.0. The minimum Gasteiger partial charge on any atom is -1.00 e. The van der Waals surface area contributed by atoms with Gasteiger partial charge in [-0.3, -0.25) is 28.8 Å². The van der Waals surface area contributed by atoms with Crippen molar-refractivity contribution in [2.75, 3.05) is 59.3 Å². The topological polar surface area (TPSA) is 279 Å². The number of anilines is 6. The van der Waals surface area contributed by atoms with Crippen molar-refractivity contribution in [3.8, 4) is 17.1 Å². The van der Waals surface area contributed by atoms with E-state index < -0.39 is 0 Å². The summed E-state index contributed by atoms with van der Waals surface area (Å²) >= 11 is 0. The number of carbonyl (C=O) groups excluding carboxylic acids is 6. The summed E-state index contributed by atoms with van der Waals surface area (Å²) in [6, 6.07) is 58.9. The Morgan fingerprint density at radius 1 is 0.315 bits per heavy atom. The number of halogens is 3. The Morgan fingerprint density at radius 3 is 0.901 bits per heavy atom. The fourth-order valence-electron chi connectivity index (χ4n) is 14.2. The van der Waals surface area contributed by atoms with Crippen LogP contribution in [-0.4, -0.2) is 76.0 Å². The quantitative estimate of drug-likeness (QED) is 0.00786. The average molecular weight is 1550 g/mol. The van der Waals surface area contributed by atoms with Crippen LogP contribution in [-0.2, 0) is 14.4 Å². The number of benzene rings is 10. The summed E-state index contributed by atoms with van der Waals surface area (Å²) in [5, 5.41) is 13.1. The smallest absolute Gasteiger partial charge is 0.239 e. The van der Waals surface area contributed by atoms with Crippen molar-refractivity contribution in [3.63, 3.8) is 0 Å². The zero-order valence-electron chi connectivity index (χ0n) is 63.3. The van der Waals surface area contributed by atoms with Crippen LogP contribution in [0.2, 0.25) is 0 Å². The first kappa shape index (κ1) is 82.0. The monoisotopic (exact) mass is 1540 g/mol. The number of para-hydroxylation sites is 3. The highest BCUT2D eigenvalue weighted by atomic mass is 35.5.